The van der Waals surface area contributed by atoms with Gasteiger partial charge in [-0.15, -0.1) is 22.7 Å². The number of fused-ring (bicyclic) bond motifs is 3. The van der Waals surface area contributed by atoms with E-state index in [1.54, 1.807) is 11.3 Å². The molecule has 106 valence electrons. The SMILES string of the molecule is CC(C)[C@@H](CO)NC(=O)c1cc2c(nc3sccn32)s1. The molecule has 0 spiro atoms. The van der Waals surface area contributed by atoms with Crippen LogP contribution in [-0.4, -0.2) is 33.0 Å². The average Bonchev–Trinajstić information content (AvgIpc) is 3.05. The number of imidazole rings is 1. The lowest BCUT2D eigenvalue weighted by molar-refractivity contribution is 0.0901. The molecule has 0 aliphatic carbocycles. The molecule has 1 amide bonds. The molecule has 0 aliphatic heterocycles. The van der Waals surface area contributed by atoms with E-state index in [0.29, 0.717) is 4.88 Å². The zero-order chi connectivity index (χ0) is 14.3. The molecule has 0 saturated carbocycles. The number of aromatic nitrogens is 2. The maximum atomic E-state index is 12.2. The maximum absolute atomic E-state index is 12.2. The first kappa shape index (κ1) is 13.5. The summed E-state index contributed by atoms with van der Waals surface area (Å²) in [5.74, 6) is 0.0445. The van der Waals surface area contributed by atoms with Gasteiger partial charge in [0.25, 0.3) is 5.91 Å². The van der Waals surface area contributed by atoms with Crippen molar-refractivity contribution in [3.05, 3.63) is 22.5 Å². The number of aliphatic hydroxyl groups excluding tert-OH is 1. The third-order valence-corrected chi connectivity index (χ3v) is 5.06. The van der Waals surface area contributed by atoms with Gasteiger partial charge < -0.3 is 10.4 Å². The molecule has 0 bridgehead atoms. The summed E-state index contributed by atoms with van der Waals surface area (Å²) >= 11 is 2.96. The highest BCUT2D eigenvalue weighted by atomic mass is 32.1. The molecule has 0 fully saturated rings. The lowest BCUT2D eigenvalue weighted by atomic mass is 10.1. The van der Waals surface area contributed by atoms with Crippen molar-refractivity contribution >= 4 is 43.9 Å². The van der Waals surface area contributed by atoms with Gasteiger partial charge in [0.1, 0.15) is 4.83 Å². The molecule has 20 heavy (non-hydrogen) atoms. The Morgan fingerprint density at radius 2 is 2.35 bits per heavy atom. The molecule has 2 N–H and O–H groups in total. The average molecular weight is 309 g/mol. The molecule has 0 unspecified atom stereocenters. The smallest absolute Gasteiger partial charge is 0.261 e. The Morgan fingerprint density at radius 1 is 1.55 bits per heavy atom. The van der Waals surface area contributed by atoms with E-state index < -0.39 is 0 Å². The van der Waals surface area contributed by atoms with Crippen molar-refractivity contribution in [1.82, 2.24) is 14.7 Å². The third-order valence-electron chi connectivity index (χ3n) is 3.28. The van der Waals surface area contributed by atoms with Crippen molar-refractivity contribution in [3.63, 3.8) is 0 Å². The highest BCUT2D eigenvalue weighted by Crippen LogP contribution is 2.28. The highest BCUT2D eigenvalue weighted by molar-refractivity contribution is 7.21. The van der Waals surface area contributed by atoms with Crippen LogP contribution in [0.15, 0.2) is 17.6 Å². The molecule has 3 aromatic rings. The minimum Gasteiger partial charge on any atom is -0.394 e. The number of carbonyl (C=O) groups excluding carboxylic acids is 1. The van der Waals surface area contributed by atoms with Gasteiger partial charge in [0.2, 0.25) is 0 Å². The summed E-state index contributed by atoms with van der Waals surface area (Å²) in [4.78, 5) is 19.1. The van der Waals surface area contributed by atoms with Gasteiger partial charge in [-0.1, -0.05) is 13.8 Å². The van der Waals surface area contributed by atoms with Crippen molar-refractivity contribution in [2.45, 2.75) is 19.9 Å². The van der Waals surface area contributed by atoms with E-state index in [1.165, 1.54) is 11.3 Å². The summed E-state index contributed by atoms with van der Waals surface area (Å²) in [6, 6.07) is 1.64. The fraction of sp³-hybridized carbons (Fsp3) is 0.385. The van der Waals surface area contributed by atoms with Crippen LogP contribution in [0, 0.1) is 5.92 Å². The Kier molecular flexibility index (Phi) is 3.49. The van der Waals surface area contributed by atoms with Gasteiger partial charge in [-0.05, 0) is 12.0 Å². The summed E-state index contributed by atoms with van der Waals surface area (Å²) in [5, 5.41) is 14.1. The lowest BCUT2D eigenvalue weighted by Gasteiger charge is -2.19. The fourth-order valence-corrected chi connectivity index (χ4v) is 3.73. The van der Waals surface area contributed by atoms with Crippen LogP contribution < -0.4 is 5.32 Å². The van der Waals surface area contributed by atoms with E-state index in [1.807, 2.05) is 35.9 Å². The second kappa shape index (κ2) is 5.16. The van der Waals surface area contributed by atoms with Crippen LogP contribution in [0.3, 0.4) is 0 Å². The van der Waals surface area contributed by atoms with Crippen LogP contribution in [0.2, 0.25) is 0 Å². The number of aliphatic hydroxyl groups is 1. The van der Waals surface area contributed by atoms with Crippen molar-refractivity contribution in [3.8, 4) is 0 Å². The van der Waals surface area contributed by atoms with Crippen molar-refractivity contribution in [1.29, 1.82) is 0 Å². The van der Waals surface area contributed by atoms with E-state index >= 15 is 0 Å². The topological polar surface area (TPSA) is 66.6 Å². The van der Waals surface area contributed by atoms with Gasteiger partial charge in [0.05, 0.1) is 23.0 Å². The zero-order valence-corrected chi connectivity index (χ0v) is 12.8. The van der Waals surface area contributed by atoms with Gasteiger partial charge >= 0.3 is 0 Å². The number of nitrogens with one attached hydrogen (secondary N) is 1. The third kappa shape index (κ3) is 2.21. The number of thiazole rings is 1. The van der Waals surface area contributed by atoms with Crippen LogP contribution in [0.25, 0.3) is 15.3 Å². The van der Waals surface area contributed by atoms with Crippen molar-refractivity contribution < 1.29 is 9.90 Å². The molecular weight excluding hydrogens is 294 g/mol. The van der Waals surface area contributed by atoms with Crippen LogP contribution in [-0.2, 0) is 0 Å². The minimum absolute atomic E-state index is 0.0533. The number of nitrogens with zero attached hydrogens (tertiary/aromatic N) is 2. The normalized spacial score (nSPS) is 13.4. The number of rotatable bonds is 4. The number of carbonyl (C=O) groups is 1. The molecule has 0 saturated heterocycles. The number of hydrogen-bond donors (Lipinski definition) is 2. The quantitative estimate of drug-likeness (QED) is 0.777. The zero-order valence-electron chi connectivity index (χ0n) is 11.2. The second-order valence-corrected chi connectivity index (χ2v) is 6.88. The number of hydrogen-bond acceptors (Lipinski definition) is 5. The second-order valence-electron chi connectivity index (χ2n) is 4.97. The highest BCUT2D eigenvalue weighted by Gasteiger charge is 2.19. The molecule has 1 atom stereocenters. The predicted octanol–water partition coefficient (Wildman–Crippen LogP) is 2.36. The Hall–Kier alpha value is -1.44. The maximum Gasteiger partial charge on any atom is 0.261 e. The Balaban J connectivity index is 1.89. The monoisotopic (exact) mass is 309 g/mol. The summed E-state index contributed by atoms with van der Waals surface area (Å²) in [6.07, 6.45) is 1.95. The first-order valence-corrected chi connectivity index (χ1v) is 8.06. The first-order chi connectivity index (χ1) is 9.60. The van der Waals surface area contributed by atoms with Gasteiger partial charge in [0, 0.05) is 11.6 Å². The largest absolute Gasteiger partial charge is 0.394 e. The van der Waals surface area contributed by atoms with Gasteiger partial charge in [0.15, 0.2) is 4.96 Å². The van der Waals surface area contributed by atoms with Crippen LogP contribution in [0.1, 0.15) is 23.5 Å². The van der Waals surface area contributed by atoms with E-state index in [2.05, 4.69) is 10.3 Å². The van der Waals surface area contributed by atoms with Gasteiger partial charge in [-0.25, -0.2) is 4.98 Å². The molecule has 3 rings (SSSR count). The standard InChI is InChI=1S/C13H15N3O2S2/c1-7(2)8(6-17)14-11(18)10-5-9-12(20-10)15-13-16(9)3-4-19-13/h3-5,7-8,17H,6H2,1-2H3,(H,14,18)/t8-/m1/s1. The summed E-state index contributed by atoms with van der Waals surface area (Å²) in [7, 11) is 0. The van der Waals surface area contributed by atoms with Gasteiger partial charge in [-0.2, -0.15) is 0 Å². The molecule has 3 aromatic heterocycles. The summed E-state index contributed by atoms with van der Waals surface area (Å²) in [6.45, 7) is 3.89. The molecule has 0 radical (unpaired) electrons. The van der Waals surface area contributed by atoms with Crippen molar-refractivity contribution in [2.24, 2.45) is 5.92 Å². The van der Waals surface area contributed by atoms with Crippen molar-refractivity contribution in [2.75, 3.05) is 6.61 Å². The first-order valence-electron chi connectivity index (χ1n) is 6.37. The lowest BCUT2D eigenvalue weighted by Crippen LogP contribution is -2.40. The van der Waals surface area contributed by atoms with E-state index in [9.17, 15) is 9.90 Å². The molecule has 5 nitrogen and oxygen atoms in total. The van der Waals surface area contributed by atoms with Crippen LogP contribution in [0.4, 0.5) is 0 Å². The molecular formula is C13H15N3O2S2. The minimum atomic E-state index is -0.222. The molecule has 7 heteroatoms. The van der Waals surface area contributed by atoms with E-state index in [4.69, 9.17) is 0 Å². The van der Waals surface area contributed by atoms with Crippen LogP contribution >= 0.6 is 22.7 Å². The Bertz CT molecular complexity index is 756. The summed E-state index contributed by atoms with van der Waals surface area (Å²) < 4.78 is 1.99. The predicted molar refractivity (Wildman–Crippen MR) is 81.6 cm³/mol. The van der Waals surface area contributed by atoms with E-state index in [-0.39, 0.29) is 24.5 Å². The fourth-order valence-electron chi connectivity index (χ4n) is 2.02. The molecule has 3 heterocycles. The van der Waals surface area contributed by atoms with Gasteiger partial charge in [-0.3, -0.25) is 9.20 Å². The van der Waals surface area contributed by atoms with Crippen LogP contribution in [0.5, 0.6) is 0 Å². The Labute approximate surface area is 123 Å². The van der Waals surface area contributed by atoms with E-state index in [0.717, 1.165) is 15.3 Å². The molecule has 0 aromatic carbocycles. The Morgan fingerprint density at radius 3 is 3.05 bits per heavy atom. The number of amides is 1. The summed E-state index contributed by atoms with van der Waals surface area (Å²) in [5.41, 5.74) is 0.960. The molecule has 0 aliphatic rings. The number of thiophene rings is 1.